The van der Waals surface area contributed by atoms with Gasteiger partial charge in [-0.25, -0.2) is 0 Å². The molecule has 3 nitrogen and oxygen atoms in total. The van der Waals surface area contributed by atoms with Crippen molar-refractivity contribution in [3.8, 4) is 0 Å². The van der Waals surface area contributed by atoms with E-state index < -0.39 is 0 Å². The van der Waals surface area contributed by atoms with Gasteiger partial charge in [-0.15, -0.1) is 0 Å². The lowest BCUT2D eigenvalue weighted by Gasteiger charge is -2.19. The molecule has 102 valence electrons. The molecule has 18 heavy (non-hydrogen) atoms. The Morgan fingerprint density at radius 3 is 2.78 bits per heavy atom. The predicted molar refractivity (Wildman–Crippen MR) is 74.7 cm³/mol. The van der Waals surface area contributed by atoms with Crippen LogP contribution in [0.3, 0.4) is 0 Å². The molecule has 0 aliphatic carbocycles. The monoisotopic (exact) mass is 251 g/mol. The van der Waals surface area contributed by atoms with Crippen LogP contribution in [0.4, 0.5) is 0 Å². The lowest BCUT2D eigenvalue weighted by molar-refractivity contribution is 0.141. The molecule has 1 aromatic rings. The van der Waals surface area contributed by atoms with E-state index in [2.05, 4.69) is 18.0 Å². The highest BCUT2D eigenvalue weighted by atomic mass is 16.5. The fourth-order valence-corrected chi connectivity index (χ4v) is 1.98. The number of hydrogen-bond acceptors (Lipinski definition) is 3. The summed E-state index contributed by atoms with van der Waals surface area (Å²) < 4.78 is 5.02. The average molecular weight is 251 g/mol. The zero-order valence-electron chi connectivity index (χ0n) is 11.7. The van der Waals surface area contributed by atoms with Crippen LogP contribution in [0.2, 0.25) is 0 Å². The van der Waals surface area contributed by atoms with E-state index >= 15 is 0 Å². The number of aliphatic hydroxyl groups excluding tert-OH is 1. The normalized spacial score (nSPS) is 12.9. The van der Waals surface area contributed by atoms with Crippen LogP contribution in [0.1, 0.15) is 30.1 Å². The number of hydrogen-bond donors (Lipinski definition) is 1. The van der Waals surface area contributed by atoms with Crippen LogP contribution in [-0.4, -0.2) is 43.9 Å². The van der Waals surface area contributed by atoms with E-state index in [9.17, 15) is 5.11 Å². The molecule has 0 aliphatic heterocycles. The highest BCUT2D eigenvalue weighted by molar-refractivity contribution is 5.23. The predicted octanol–water partition coefficient (Wildman–Crippen LogP) is 2.39. The molecule has 0 aromatic heterocycles. The fourth-order valence-electron chi connectivity index (χ4n) is 1.98. The molecule has 0 spiro atoms. The third-order valence-electron chi connectivity index (χ3n) is 3.10. The summed E-state index contributed by atoms with van der Waals surface area (Å²) in [4.78, 5) is 2.23. The average Bonchev–Trinajstić information content (AvgIpc) is 2.36. The Kier molecular flexibility index (Phi) is 6.94. The molecule has 0 bridgehead atoms. The topological polar surface area (TPSA) is 32.7 Å². The van der Waals surface area contributed by atoms with Crippen LogP contribution < -0.4 is 0 Å². The first kappa shape index (κ1) is 15.2. The van der Waals surface area contributed by atoms with Crippen molar-refractivity contribution in [1.29, 1.82) is 0 Å². The first-order valence-electron chi connectivity index (χ1n) is 6.55. The second-order valence-corrected chi connectivity index (χ2v) is 4.87. The smallest absolute Gasteiger partial charge is 0.0802 e. The number of benzene rings is 1. The van der Waals surface area contributed by atoms with Gasteiger partial charge in [0, 0.05) is 26.8 Å². The molecule has 0 heterocycles. The van der Waals surface area contributed by atoms with Gasteiger partial charge in [0.15, 0.2) is 0 Å². The maximum Gasteiger partial charge on any atom is 0.0802 e. The zero-order valence-corrected chi connectivity index (χ0v) is 11.7. The van der Waals surface area contributed by atoms with Crippen LogP contribution in [-0.2, 0) is 4.74 Å². The molecule has 1 unspecified atom stereocenters. The number of nitrogens with zero attached hydrogens (tertiary/aromatic N) is 1. The van der Waals surface area contributed by atoms with Gasteiger partial charge < -0.3 is 14.7 Å². The molecule has 0 amide bonds. The maximum absolute atomic E-state index is 10.1. The van der Waals surface area contributed by atoms with Gasteiger partial charge in [-0.1, -0.05) is 29.8 Å². The van der Waals surface area contributed by atoms with Crippen molar-refractivity contribution in [2.75, 3.05) is 33.9 Å². The number of aryl methyl sites for hydroxylation is 1. The second-order valence-electron chi connectivity index (χ2n) is 4.87. The zero-order chi connectivity index (χ0) is 13.4. The van der Waals surface area contributed by atoms with E-state index in [-0.39, 0.29) is 6.10 Å². The second kappa shape index (κ2) is 8.25. The lowest BCUT2D eigenvalue weighted by atomic mass is 10.0. The molecule has 0 radical (unpaired) electrons. The van der Waals surface area contributed by atoms with Crippen molar-refractivity contribution in [3.63, 3.8) is 0 Å². The third kappa shape index (κ3) is 5.63. The van der Waals surface area contributed by atoms with Crippen LogP contribution in [0.25, 0.3) is 0 Å². The fraction of sp³-hybridized carbons (Fsp3) is 0.600. The highest BCUT2D eigenvalue weighted by Gasteiger charge is 2.08. The summed E-state index contributed by atoms with van der Waals surface area (Å²) in [6.07, 6.45) is 1.44. The molecule has 0 fully saturated rings. The van der Waals surface area contributed by atoms with E-state index in [1.807, 2.05) is 25.1 Å². The van der Waals surface area contributed by atoms with Gasteiger partial charge >= 0.3 is 0 Å². The Morgan fingerprint density at radius 1 is 1.33 bits per heavy atom. The van der Waals surface area contributed by atoms with E-state index in [4.69, 9.17) is 4.74 Å². The molecule has 1 rings (SSSR count). The first-order chi connectivity index (χ1) is 8.63. The number of aliphatic hydroxyl groups is 1. The molecule has 1 N–H and O–H groups in total. The maximum atomic E-state index is 10.1. The standard InChI is InChI=1S/C15H25NO2/c1-13-6-4-7-14(12-13)15(17)8-10-16(2)9-5-11-18-3/h4,6-7,12,15,17H,5,8-11H2,1-3H3. The quantitative estimate of drug-likeness (QED) is 0.720. The number of rotatable bonds is 8. The highest BCUT2D eigenvalue weighted by Crippen LogP contribution is 2.17. The van der Waals surface area contributed by atoms with Crippen molar-refractivity contribution < 1.29 is 9.84 Å². The minimum atomic E-state index is -0.366. The third-order valence-corrected chi connectivity index (χ3v) is 3.10. The molecular weight excluding hydrogens is 226 g/mol. The van der Waals surface area contributed by atoms with Gasteiger partial charge in [0.2, 0.25) is 0 Å². The minimum Gasteiger partial charge on any atom is -0.388 e. The molecule has 0 saturated carbocycles. The van der Waals surface area contributed by atoms with Gasteiger partial charge in [-0.05, 0) is 32.4 Å². The summed E-state index contributed by atoms with van der Waals surface area (Å²) in [7, 11) is 3.81. The van der Waals surface area contributed by atoms with Crippen molar-refractivity contribution >= 4 is 0 Å². The largest absolute Gasteiger partial charge is 0.388 e. The summed E-state index contributed by atoms with van der Waals surface area (Å²) >= 11 is 0. The van der Waals surface area contributed by atoms with E-state index in [0.29, 0.717) is 0 Å². The summed E-state index contributed by atoms with van der Waals surface area (Å²) in [5.41, 5.74) is 2.21. The van der Waals surface area contributed by atoms with Gasteiger partial charge in [0.1, 0.15) is 0 Å². The van der Waals surface area contributed by atoms with Crippen LogP contribution in [0.15, 0.2) is 24.3 Å². The van der Waals surface area contributed by atoms with Gasteiger partial charge in [-0.2, -0.15) is 0 Å². The Bertz CT molecular complexity index is 341. The van der Waals surface area contributed by atoms with E-state index in [1.165, 1.54) is 5.56 Å². The van der Waals surface area contributed by atoms with Crippen LogP contribution >= 0.6 is 0 Å². The van der Waals surface area contributed by atoms with Crippen molar-refractivity contribution in [2.45, 2.75) is 25.9 Å². The number of ether oxygens (including phenoxy) is 1. The van der Waals surface area contributed by atoms with E-state index in [1.54, 1.807) is 7.11 Å². The van der Waals surface area contributed by atoms with Gasteiger partial charge in [-0.3, -0.25) is 0 Å². The molecule has 0 saturated heterocycles. The Morgan fingerprint density at radius 2 is 2.11 bits per heavy atom. The SMILES string of the molecule is COCCCN(C)CCC(O)c1cccc(C)c1. The summed E-state index contributed by atoms with van der Waals surface area (Å²) in [6, 6.07) is 8.08. The molecule has 3 heteroatoms. The van der Waals surface area contributed by atoms with Gasteiger partial charge in [0.25, 0.3) is 0 Å². The van der Waals surface area contributed by atoms with E-state index in [0.717, 1.165) is 38.1 Å². The summed E-state index contributed by atoms with van der Waals surface area (Å²) in [5, 5.41) is 10.1. The Balaban J connectivity index is 2.30. The molecule has 0 aliphatic rings. The molecular formula is C15H25NO2. The Labute approximate surface area is 110 Å². The molecule has 1 aromatic carbocycles. The van der Waals surface area contributed by atoms with Gasteiger partial charge in [0.05, 0.1) is 6.10 Å². The molecule has 1 atom stereocenters. The van der Waals surface area contributed by atoms with Crippen molar-refractivity contribution in [3.05, 3.63) is 35.4 Å². The number of methoxy groups -OCH3 is 1. The van der Waals surface area contributed by atoms with Crippen LogP contribution in [0.5, 0.6) is 0 Å². The first-order valence-corrected chi connectivity index (χ1v) is 6.55. The minimum absolute atomic E-state index is 0.366. The van der Waals surface area contributed by atoms with Crippen LogP contribution in [0, 0.1) is 6.92 Å². The van der Waals surface area contributed by atoms with Crippen molar-refractivity contribution in [2.24, 2.45) is 0 Å². The summed E-state index contributed by atoms with van der Waals surface area (Å²) in [6.45, 7) is 4.76. The van der Waals surface area contributed by atoms with Crippen molar-refractivity contribution in [1.82, 2.24) is 4.90 Å². The summed E-state index contributed by atoms with van der Waals surface area (Å²) in [5.74, 6) is 0. The lowest BCUT2D eigenvalue weighted by Crippen LogP contribution is -2.23. The Hall–Kier alpha value is -0.900.